The third kappa shape index (κ3) is 4.25. The Morgan fingerprint density at radius 3 is 2.36 bits per heavy atom. The van der Waals surface area contributed by atoms with Gasteiger partial charge in [-0.1, -0.05) is 35.5 Å². The maximum Gasteiger partial charge on any atom is 0.243 e. The minimum Gasteiger partial charge on any atom is -0.339 e. The largest absolute Gasteiger partial charge is 0.339 e. The Bertz CT molecular complexity index is 823. The number of anilines is 1. The van der Waals surface area contributed by atoms with Gasteiger partial charge in [-0.2, -0.15) is 0 Å². The highest BCUT2D eigenvalue weighted by atomic mass is 16.5. The molecule has 0 aliphatic carbocycles. The Hall–Kier alpha value is -2.67. The van der Waals surface area contributed by atoms with E-state index in [-0.39, 0.29) is 17.9 Å². The molecule has 0 spiro atoms. The number of aryl methyl sites for hydroxylation is 1. The van der Waals surface area contributed by atoms with E-state index in [4.69, 9.17) is 4.52 Å². The van der Waals surface area contributed by atoms with E-state index in [2.05, 4.69) is 15.4 Å². The Balaban J connectivity index is 1.56. The van der Waals surface area contributed by atoms with E-state index in [9.17, 15) is 9.59 Å². The van der Waals surface area contributed by atoms with Gasteiger partial charge in [0, 0.05) is 32.2 Å². The number of nitrogens with zero attached hydrogens (tertiary/aromatic N) is 3. The summed E-state index contributed by atoms with van der Waals surface area (Å²) >= 11 is 0. The summed E-state index contributed by atoms with van der Waals surface area (Å²) in [6.07, 6.45) is 0. The van der Waals surface area contributed by atoms with Gasteiger partial charge in [-0.3, -0.25) is 19.8 Å². The molecule has 1 aliphatic heterocycles. The standard InChI is InChI=1S/C21H28N4O3/c1-15-14-18(28-23-15)22-19(26)16(2)24-10-12-25(13-11-24)20(27)21(3,4)17-8-6-5-7-9-17/h5-9,14,16H,10-13H2,1-4H3,(H,22,26). The first-order valence-electron chi connectivity index (χ1n) is 9.62. The molecule has 1 aromatic carbocycles. The zero-order valence-electron chi connectivity index (χ0n) is 16.9. The second kappa shape index (κ2) is 8.14. The van der Waals surface area contributed by atoms with Crippen LogP contribution in [0.25, 0.3) is 0 Å². The number of aromatic nitrogens is 1. The average molecular weight is 384 g/mol. The fourth-order valence-electron chi connectivity index (χ4n) is 3.50. The lowest BCUT2D eigenvalue weighted by atomic mass is 9.83. The molecule has 2 amide bonds. The van der Waals surface area contributed by atoms with E-state index in [1.54, 1.807) is 13.0 Å². The molecular formula is C21H28N4O3. The van der Waals surface area contributed by atoms with Crippen molar-refractivity contribution < 1.29 is 14.1 Å². The zero-order valence-corrected chi connectivity index (χ0v) is 16.9. The van der Waals surface area contributed by atoms with Crippen molar-refractivity contribution in [2.75, 3.05) is 31.5 Å². The molecule has 2 aromatic rings. The number of hydrogen-bond acceptors (Lipinski definition) is 5. The van der Waals surface area contributed by atoms with Crippen LogP contribution in [-0.4, -0.2) is 59.0 Å². The first kappa shape index (κ1) is 20.1. The minimum absolute atomic E-state index is 0.118. The number of carbonyl (C=O) groups excluding carboxylic acids is 2. The third-order valence-corrected chi connectivity index (χ3v) is 5.43. The Morgan fingerprint density at radius 1 is 1.14 bits per heavy atom. The van der Waals surface area contributed by atoms with E-state index in [0.29, 0.717) is 32.1 Å². The molecule has 1 unspecified atom stereocenters. The zero-order chi connectivity index (χ0) is 20.3. The molecule has 0 saturated carbocycles. The molecule has 7 nitrogen and oxygen atoms in total. The van der Waals surface area contributed by atoms with Crippen molar-refractivity contribution in [3.8, 4) is 0 Å². The number of hydrogen-bond donors (Lipinski definition) is 1. The maximum absolute atomic E-state index is 13.1. The number of rotatable bonds is 5. The van der Waals surface area contributed by atoms with Gasteiger partial charge in [-0.15, -0.1) is 0 Å². The van der Waals surface area contributed by atoms with Gasteiger partial charge in [-0.05, 0) is 33.3 Å². The molecule has 3 rings (SSSR count). The Kier molecular flexibility index (Phi) is 5.84. The fraction of sp³-hybridized carbons (Fsp3) is 0.476. The van der Waals surface area contributed by atoms with E-state index in [0.717, 1.165) is 11.3 Å². The molecule has 1 fully saturated rings. The summed E-state index contributed by atoms with van der Waals surface area (Å²) in [7, 11) is 0. The Labute approximate surface area is 165 Å². The lowest BCUT2D eigenvalue weighted by molar-refractivity contribution is -0.138. The van der Waals surface area contributed by atoms with Gasteiger partial charge in [0.25, 0.3) is 0 Å². The van der Waals surface area contributed by atoms with Gasteiger partial charge in [0.2, 0.25) is 17.7 Å². The Morgan fingerprint density at radius 2 is 1.79 bits per heavy atom. The number of amides is 2. The molecule has 0 radical (unpaired) electrons. The molecule has 1 aliphatic rings. The topological polar surface area (TPSA) is 78.7 Å². The van der Waals surface area contributed by atoms with E-state index in [1.165, 1.54) is 0 Å². The predicted octanol–water partition coefficient (Wildman–Crippen LogP) is 2.43. The van der Waals surface area contributed by atoms with Crippen molar-refractivity contribution in [2.24, 2.45) is 0 Å². The van der Waals surface area contributed by atoms with Crippen molar-refractivity contribution in [2.45, 2.75) is 39.2 Å². The van der Waals surface area contributed by atoms with Gasteiger partial charge in [0.15, 0.2) is 0 Å². The fourth-order valence-corrected chi connectivity index (χ4v) is 3.50. The molecule has 150 valence electrons. The molecular weight excluding hydrogens is 356 g/mol. The summed E-state index contributed by atoms with van der Waals surface area (Å²) in [6.45, 7) is 10.1. The molecule has 1 saturated heterocycles. The van der Waals surface area contributed by atoms with Crippen LogP contribution in [0.15, 0.2) is 40.9 Å². The number of piperazine rings is 1. The van der Waals surface area contributed by atoms with Gasteiger partial charge in [0.05, 0.1) is 17.2 Å². The first-order valence-corrected chi connectivity index (χ1v) is 9.62. The molecule has 7 heteroatoms. The molecule has 1 N–H and O–H groups in total. The summed E-state index contributed by atoms with van der Waals surface area (Å²) < 4.78 is 5.05. The smallest absolute Gasteiger partial charge is 0.243 e. The quantitative estimate of drug-likeness (QED) is 0.857. The van der Waals surface area contributed by atoms with Crippen molar-refractivity contribution in [1.82, 2.24) is 15.0 Å². The highest BCUT2D eigenvalue weighted by Crippen LogP contribution is 2.26. The molecule has 28 heavy (non-hydrogen) atoms. The molecule has 1 atom stereocenters. The van der Waals surface area contributed by atoms with Crippen molar-refractivity contribution in [1.29, 1.82) is 0 Å². The van der Waals surface area contributed by atoms with Crippen LogP contribution in [0.1, 0.15) is 32.0 Å². The van der Waals surface area contributed by atoms with Crippen LogP contribution in [0.4, 0.5) is 5.88 Å². The summed E-state index contributed by atoms with van der Waals surface area (Å²) in [6, 6.07) is 11.2. The van der Waals surface area contributed by atoms with Gasteiger partial charge in [-0.25, -0.2) is 0 Å². The lowest BCUT2D eigenvalue weighted by Gasteiger charge is -2.40. The number of carbonyl (C=O) groups is 2. The minimum atomic E-state index is -0.573. The SMILES string of the molecule is Cc1cc(NC(=O)C(C)N2CCN(C(=O)C(C)(C)c3ccccc3)CC2)on1. The van der Waals surface area contributed by atoms with Crippen molar-refractivity contribution in [3.05, 3.63) is 47.7 Å². The first-order chi connectivity index (χ1) is 13.3. The summed E-state index contributed by atoms with van der Waals surface area (Å²) in [5.74, 6) is 0.334. The van der Waals surface area contributed by atoms with Gasteiger partial charge in [0.1, 0.15) is 0 Å². The van der Waals surface area contributed by atoms with Crippen LogP contribution in [-0.2, 0) is 15.0 Å². The predicted molar refractivity (Wildman–Crippen MR) is 107 cm³/mol. The third-order valence-electron chi connectivity index (χ3n) is 5.43. The number of benzene rings is 1. The van der Waals surface area contributed by atoms with Crippen LogP contribution >= 0.6 is 0 Å². The normalized spacial score (nSPS) is 16.6. The van der Waals surface area contributed by atoms with Crippen molar-refractivity contribution in [3.63, 3.8) is 0 Å². The second-order valence-electron chi connectivity index (χ2n) is 7.82. The van der Waals surface area contributed by atoms with Crippen LogP contribution in [0.3, 0.4) is 0 Å². The van der Waals surface area contributed by atoms with Crippen molar-refractivity contribution >= 4 is 17.7 Å². The second-order valence-corrected chi connectivity index (χ2v) is 7.82. The molecule has 2 heterocycles. The monoisotopic (exact) mass is 384 g/mol. The van der Waals surface area contributed by atoms with E-state index < -0.39 is 5.41 Å². The van der Waals surface area contributed by atoms with Gasteiger partial charge >= 0.3 is 0 Å². The maximum atomic E-state index is 13.1. The average Bonchev–Trinajstić information content (AvgIpc) is 3.12. The van der Waals surface area contributed by atoms with Crippen LogP contribution in [0.2, 0.25) is 0 Å². The summed E-state index contributed by atoms with van der Waals surface area (Å²) in [5, 5.41) is 6.52. The van der Waals surface area contributed by atoms with Gasteiger partial charge < -0.3 is 9.42 Å². The summed E-state index contributed by atoms with van der Waals surface area (Å²) in [4.78, 5) is 29.5. The van der Waals surface area contributed by atoms with Crippen LogP contribution in [0.5, 0.6) is 0 Å². The van der Waals surface area contributed by atoms with Crippen LogP contribution < -0.4 is 5.32 Å². The molecule has 0 bridgehead atoms. The van der Waals surface area contributed by atoms with Crippen LogP contribution in [0, 0.1) is 6.92 Å². The molecule has 1 aromatic heterocycles. The lowest BCUT2D eigenvalue weighted by Crippen LogP contribution is -2.56. The van der Waals surface area contributed by atoms with E-state index >= 15 is 0 Å². The summed E-state index contributed by atoms with van der Waals surface area (Å²) in [5.41, 5.74) is 1.16. The highest BCUT2D eigenvalue weighted by molar-refractivity contribution is 5.93. The number of nitrogens with one attached hydrogen (secondary N) is 1. The highest BCUT2D eigenvalue weighted by Gasteiger charge is 2.36. The van der Waals surface area contributed by atoms with E-state index in [1.807, 2.05) is 56.0 Å².